The van der Waals surface area contributed by atoms with Crippen LogP contribution in [0.1, 0.15) is 21.0 Å². The normalized spacial score (nSPS) is 10.2. The molecule has 0 bridgehead atoms. The second-order valence-corrected chi connectivity index (χ2v) is 4.07. The molecule has 0 aliphatic carbocycles. The van der Waals surface area contributed by atoms with Gasteiger partial charge in [0.15, 0.2) is 0 Å². The molecule has 0 radical (unpaired) electrons. The van der Waals surface area contributed by atoms with E-state index in [9.17, 15) is 9.59 Å². The fourth-order valence-corrected chi connectivity index (χ4v) is 1.75. The number of ether oxygens (including phenoxy) is 2. The van der Waals surface area contributed by atoms with Gasteiger partial charge in [-0.05, 0) is 12.1 Å². The molecule has 0 N–H and O–H groups in total. The van der Waals surface area contributed by atoms with E-state index in [4.69, 9.17) is 16.0 Å². The van der Waals surface area contributed by atoms with Gasteiger partial charge in [0.05, 0.1) is 24.8 Å². The summed E-state index contributed by atoms with van der Waals surface area (Å²) in [4.78, 5) is 27.1. The highest BCUT2D eigenvalue weighted by Crippen LogP contribution is 2.29. The number of methoxy groups -OCH3 is 2. The summed E-state index contributed by atoms with van der Waals surface area (Å²) < 4.78 is 14.4. The maximum Gasteiger partial charge on any atom is 0.376 e. The van der Waals surface area contributed by atoms with Crippen molar-refractivity contribution in [1.29, 1.82) is 0 Å². The molecule has 1 heterocycles. The summed E-state index contributed by atoms with van der Waals surface area (Å²) in [6, 6.07) is 6.74. The molecule has 7 heteroatoms. The molecule has 0 aliphatic rings. The molecular formula is C13H10ClNO5. The van der Waals surface area contributed by atoms with Crippen LogP contribution in [0.5, 0.6) is 0 Å². The highest BCUT2D eigenvalue weighted by atomic mass is 35.5. The van der Waals surface area contributed by atoms with Gasteiger partial charge >= 0.3 is 11.9 Å². The smallest absolute Gasteiger partial charge is 0.376 e. The van der Waals surface area contributed by atoms with Crippen molar-refractivity contribution < 1.29 is 23.5 Å². The number of aromatic nitrogens is 1. The van der Waals surface area contributed by atoms with Crippen LogP contribution in [-0.4, -0.2) is 31.1 Å². The Morgan fingerprint density at radius 3 is 2.40 bits per heavy atom. The number of carbonyl (C=O) groups is 2. The third-order valence-electron chi connectivity index (χ3n) is 2.48. The van der Waals surface area contributed by atoms with Gasteiger partial charge in [0.2, 0.25) is 17.3 Å². The predicted octanol–water partition coefficient (Wildman–Crippen LogP) is 2.57. The largest absolute Gasteiger partial charge is 0.464 e. The summed E-state index contributed by atoms with van der Waals surface area (Å²) in [5, 5.41) is 0.376. The zero-order valence-electron chi connectivity index (χ0n) is 10.7. The molecule has 0 saturated heterocycles. The molecule has 1 aromatic carbocycles. The number of benzene rings is 1. The lowest BCUT2D eigenvalue weighted by Crippen LogP contribution is -2.10. The van der Waals surface area contributed by atoms with Crippen LogP contribution in [0.2, 0.25) is 5.02 Å². The van der Waals surface area contributed by atoms with Gasteiger partial charge in [-0.15, -0.1) is 0 Å². The van der Waals surface area contributed by atoms with Crippen molar-refractivity contribution in [2.45, 2.75) is 0 Å². The van der Waals surface area contributed by atoms with Crippen molar-refractivity contribution in [3.63, 3.8) is 0 Å². The molecule has 0 spiro atoms. The molecular weight excluding hydrogens is 286 g/mol. The van der Waals surface area contributed by atoms with E-state index >= 15 is 0 Å². The molecule has 1 aromatic heterocycles. The Kier molecular flexibility index (Phi) is 4.05. The van der Waals surface area contributed by atoms with Crippen molar-refractivity contribution in [1.82, 2.24) is 4.98 Å². The lowest BCUT2D eigenvalue weighted by atomic mass is 10.2. The molecule has 6 nitrogen and oxygen atoms in total. The monoisotopic (exact) mass is 295 g/mol. The Labute approximate surface area is 119 Å². The van der Waals surface area contributed by atoms with Crippen LogP contribution in [0.15, 0.2) is 28.7 Å². The van der Waals surface area contributed by atoms with Crippen molar-refractivity contribution in [2.75, 3.05) is 14.2 Å². The van der Waals surface area contributed by atoms with Crippen LogP contribution < -0.4 is 0 Å². The second kappa shape index (κ2) is 5.75. The summed E-state index contributed by atoms with van der Waals surface area (Å²) in [6.45, 7) is 0. The first-order chi connectivity index (χ1) is 9.58. The van der Waals surface area contributed by atoms with Gasteiger partial charge in [0, 0.05) is 0 Å². The summed E-state index contributed by atoms with van der Waals surface area (Å²) >= 11 is 6.01. The predicted molar refractivity (Wildman–Crippen MR) is 69.6 cm³/mol. The van der Waals surface area contributed by atoms with Gasteiger partial charge in [0.25, 0.3) is 0 Å². The van der Waals surface area contributed by atoms with E-state index in [1.807, 2.05) is 0 Å². The highest BCUT2D eigenvalue weighted by Gasteiger charge is 2.27. The Morgan fingerprint density at radius 2 is 1.80 bits per heavy atom. The number of rotatable bonds is 3. The highest BCUT2D eigenvalue weighted by molar-refractivity contribution is 6.33. The van der Waals surface area contributed by atoms with Crippen LogP contribution >= 0.6 is 11.6 Å². The Bertz CT molecular complexity index is 631. The van der Waals surface area contributed by atoms with Crippen LogP contribution in [-0.2, 0) is 9.47 Å². The topological polar surface area (TPSA) is 78.6 Å². The number of nitrogens with zero attached hydrogens (tertiary/aromatic N) is 1. The molecule has 0 saturated carbocycles. The van der Waals surface area contributed by atoms with E-state index in [0.717, 1.165) is 0 Å². The van der Waals surface area contributed by atoms with Crippen molar-refractivity contribution in [3.8, 4) is 11.5 Å². The number of hydrogen-bond acceptors (Lipinski definition) is 6. The first-order valence-corrected chi connectivity index (χ1v) is 5.88. The zero-order valence-corrected chi connectivity index (χ0v) is 11.4. The molecule has 0 aliphatic heterocycles. The van der Waals surface area contributed by atoms with E-state index in [1.54, 1.807) is 24.3 Å². The van der Waals surface area contributed by atoms with Crippen molar-refractivity contribution >= 4 is 23.5 Å². The molecule has 0 amide bonds. The number of halogens is 1. The number of oxazole rings is 1. The minimum atomic E-state index is -0.823. The Morgan fingerprint density at radius 1 is 1.15 bits per heavy atom. The molecule has 0 fully saturated rings. The maximum absolute atomic E-state index is 11.6. The van der Waals surface area contributed by atoms with E-state index in [2.05, 4.69) is 14.5 Å². The third kappa shape index (κ3) is 2.50. The van der Waals surface area contributed by atoms with Gasteiger partial charge in [-0.1, -0.05) is 23.7 Å². The van der Waals surface area contributed by atoms with Gasteiger partial charge in [-0.3, -0.25) is 0 Å². The van der Waals surface area contributed by atoms with E-state index in [-0.39, 0.29) is 17.3 Å². The second-order valence-electron chi connectivity index (χ2n) is 3.66. The summed E-state index contributed by atoms with van der Waals surface area (Å²) in [6.07, 6.45) is 0. The molecule has 2 rings (SSSR count). The van der Waals surface area contributed by atoms with Crippen molar-refractivity contribution in [2.24, 2.45) is 0 Å². The minimum Gasteiger partial charge on any atom is -0.464 e. The van der Waals surface area contributed by atoms with Gasteiger partial charge in [-0.25, -0.2) is 14.6 Å². The summed E-state index contributed by atoms with van der Waals surface area (Å²) in [7, 11) is 2.34. The van der Waals surface area contributed by atoms with Crippen LogP contribution in [0.25, 0.3) is 11.5 Å². The van der Waals surface area contributed by atoms with Gasteiger partial charge in [-0.2, -0.15) is 0 Å². The fourth-order valence-electron chi connectivity index (χ4n) is 1.54. The fraction of sp³-hybridized carbons (Fsp3) is 0.154. The zero-order chi connectivity index (χ0) is 14.7. The quantitative estimate of drug-likeness (QED) is 0.810. The summed E-state index contributed by atoms with van der Waals surface area (Å²) in [5.74, 6) is -1.91. The van der Waals surface area contributed by atoms with Crippen molar-refractivity contribution in [3.05, 3.63) is 40.7 Å². The Hall–Kier alpha value is -2.34. The lowest BCUT2D eigenvalue weighted by Gasteiger charge is -1.97. The van der Waals surface area contributed by atoms with Crippen LogP contribution in [0.3, 0.4) is 0 Å². The Balaban J connectivity index is 2.57. The molecule has 0 atom stereocenters. The lowest BCUT2D eigenvalue weighted by molar-refractivity contribution is 0.0527. The van der Waals surface area contributed by atoms with E-state index in [0.29, 0.717) is 10.6 Å². The summed E-state index contributed by atoms with van der Waals surface area (Å²) in [5.41, 5.74) is 0.198. The standard InChI is InChI=1S/C13H10ClNO5/c1-18-12(16)9-10(13(17)19-2)20-11(15-9)7-5-3-4-6-8(7)14/h3-6H,1-2H3. The first kappa shape index (κ1) is 14.1. The molecule has 2 aromatic rings. The van der Waals surface area contributed by atoms with E-state index < -0.39 is 11.9 Å². The molecule has 0 unspecified atom stereocenters. The number of esters is 2. The average molecular weight is 296 g/mol. The minimum absolute atomic E-state index is 0.0383. The molecule has 20 heavy (non-hydrogen) atoms. The number of hydrogen-bond donors (Lipinski definition) is 0. The average Bonchev–Trinajstić information content (AvgIpc) is 2.91. The maximum atomic E-state index is 11.6. The number of carbonyl (C=O) groups excluding carboxylic acids is 2. The first-order valence-electron chi connectivity index (χ1n) is 5.50. The molecule has 104 valence electrons. The van der Waals surface area contributed by atoms with Crippen LogP contribution in [0.4, 0.5) is 0 Å². The SMILES string of the molecule is COC(=O)c1nc(-c2ccccc2Cl)oc1C(=O)OC. The third-order valence-corrected chi connectivity index (χ3v) is 2.81. The van der Waals surface area contributed by atoms with Crippen LogP contribution in [0, 0.1) is 0 Å². The van der Waals surface area contributed by atoms with E-state index in [1.165, 1.54) is 14.2 Å². The van der Waals surface area contributed by atoms with Gasteiger partial charge < -0.3 is 13.9 Å². The van der Waals surface area contributed by atoms with Gasteiger partial charge in [0.1, 0.15) is 0 Å².